The molecule has 0 unspecified atom stereocenters. The van der Waals surface area contributed by atoms with Crippen LogP contribution in [0.15, 0.2) is 35.1 Å². The summed E-state index contributed by atoms with van der Waals surface area (Å²) in [7, 11) is 0. The molecule has 0 saturated heterocycles. The fourth-order valence-corrected chi connectivity index (χ4v) is 2.88. The number of aliphatic carboxylic acids is 1. The Morgan fingerprint density at radius 2 is 1.86 bits per heavy atom. The van der Waals surface area contributed by atoms with Gasteiger partial charge < -0.3 is 10.1 Å². The maximum atomic E-state index is 11.9. The molecule has 2 aromatic rings. The third-order valence-corrected chi connectivity index (χ3v) is 3.99. The maximum Gasteiger partial charge on any atom is 0.308 e. The van der Waals surface area contributed by atoms with Crippen molar-refractivity contribution in [3.8, 4) is 11.3 Å². The number of nitrogens with one attached hydrogen (secondary N) is 1. The monoisotopic (exact) mass is 283 g/mol. The van der Waals surface area contributed by atoms with E-state index < -0.39 is 5.97 Å². The third-order valence-electron chi connectivity index (χ3n) is 3.99. The lowest BCUT2D eigenvalue weighted by Gasteiger charge is -2.16. The number of hydrogen-bond donors (Lipinski definition) is 2. The Kier molecular flexibility index (Phi) is 3.60. The molecular weight excluding hydrogens is 266 g/mol. The minimum Gasteiger partial charge on any atom is -0.481 e. The Hall–Kier alpha value is -2.36. The minimum atomic E-state index is -0.998. The van der Waals surface area contributed by atoms with Crippen molar-refractivity contribution in [3.63, 3.8) is 0 Å². The highest BCUT2D eigenvalue weighted by Gasteiger charge is 2.11. The average Bonchev–Trinajstić information content (AvgIpc) is 2.48. The van der Waals surface area contributed by atoms with Gasteiger partial charge in [0.2, 0.25) is 0 Å². The van der Waals surface area contributed by atoms with Crippen LogP contribution < -0.4 is 5.56 Å². The van der Waals surface area contributed by atoms with E-state index >= 15 is 0 Å². The number of hydrogen-bond acceptors (Lipinski definition) is 2. The van der Waals surface area contributed by atoms with Crippen molar-refractivity contribution in [1.29, 1.82) is 0 Å². The molecule has 0 atom stereocenters. The maximum absolute atomic E-state index is 11.9. The Morgan fingerprint density at radius 3 is 2.57 bits per heavy atom. The van der Waals surface area contributed by atoms with E-state index in [0.29, 0.717) is 0 Å². The Morgan fingerprint density at radius 1 is 1.10 bits per heavy atom. The highest BCUT2D eigenvalue weighted by atomic mass is 16.4. The van der Waals surface area contributed by atoms with Crippen molar-refractivity contribution in [2.24, 2.45) is 0 Å². The number of carbonyl (C=O) groups is 1. The molecule has 1 aliphatic rings. The van der Waals surface area contributed by atoms with Gasteiger partial charge in [-0.1, -0.05) is 18.2 Å². The van der Waals surface area contributed by atoms with Crippen LogP contribution >= 0.6 is 0 Å². The van der Waals surface area contributed by atoms with Gasteiger partial charge in [0, 0.05) is 11.3 Å². The number of fused-ring (bicyclic) bond motifs is 1. The number of benzene rings is 1. The first-order chi connectivity index (χ1) is 10.1. The molecule has 0 spiro atoms. The van der Waals surface area contributed by atoms with Crippen LogP contribution in [-0.2, 0) is 24.1 Å². The Bertz CT molecular complexity index is 746. The topological polar surface area (TPSA) is 70.2 Å². The van der Waals surface area contributed by atoms with Crippen LogP contribution in [0.1, 0.15) is 29.5 Å². The van der Waals surface area contributed by atoms with Crippen LogP contribution in [0, 0.1) is 0 Å². The number of pyridine rings is 1. The van der Waals surface area contributed by atoms with Crippen LogP contribution in [0.3, 0.4) is 0 Å². The van der Waals surface area contributed by atoms with Crippen molar-refractivity contribution >= 4 is 5.97 Å². The quantitative estimate of drug-likeness (QED) is 0.909. The van der Waals surface area contributed by atoms with E-state index in [1.165, 1.54) is 24.0 Å². The molecule has 1 aliphatic carbocycles. The molecule has 1 aromatic carbocycles. The Labute approximate surface area is 122 Å². The average molecular weight is 283 g/mol. The largest absolute Gasteiger partial charge is 0.481 e. The fourth-order valence-electron chi connectivity index (χ4n) is 2.88. The summed E-state index contributed by atoms with van der Waals surface area (Å²) in [4.78, 5) is 25.4. The molecule has 1 heterocycles. The highest BCUT2D eigenvalue weighted by molar-refractivity contribution is 5.70. The van der Waals surface area contributed by atoms with Gasteiger partial charge in [-0.25, -0.2) is 0 Å². The van der Waals surface area contributed by atoms with Crippen molar-refractivity contribution in [2.75, 3.05) is 0 Å². The molecule has 0 fully saturated rings. The molecule has 4 nitrogen and oxygen atoms in total. The third kappa shape index (κ3) is 2.89. The minimum absolute atomic E-state index is 0.250. The zero-order chi connectivity index (χ0) is 14.8. The predicted octanol–water partition coefficient (Wildman–Crippen LogP) is 2.55. The van der Waals surface area contributed by atoms with Gasteiger partial charge in [-0.2, -0.15) is 0 Å². The first kappa shape index (κ1) is 13.6. The molecule has 108 valence electrons. The van der Waals surface area contributed by atoms with Gasteiger partial charge in [-0.3, -0.25) is 9.59 Å². The lowest BCUT2D eigenvalue weighted by Crippen LogP contribution is -2.16. The highest BCUT2D eigenvalue weighted by Crippen LogP contribution is 2.26. The van der Waals surface area contributed by atoms with Gasteiger partial charge in [0.05, 0.1) is 6.42 Å². The molecule has 4 heteroatoms. The number of carboxylic acids is 1. The van der Waals surface area contributed by atoms with Gasteiger partial charge in [-0.05, 0) is 54.5 Å². The summed E-state index contributed by atoms with van der Waals surface area (Å²) < 4.78 is 0. The van der Waals surface area contributed by atoms with Crippen molar-refractivity contribution in [3.05, 3.63) is 57.4 Å². The SMILES string of the molecule is O=C(O)Cc1ccc(-c2ccc3c(c2)CCCC3)[nH]c1=O. The molecule has 21 heavy (non-hydrogen) atoms. The predicted molar refractivity (Wildman–Crippen MR) is 80.5 cm³/mol. The zero-order valence-electron chi connectivity index (χ0n) is 11.7. The van der Waals surface area contributed by atoms with E-state index in [2.05, 4.69) is 17.1 Å². The van der Waals surface area contributed by atoms with E-state index in [1.54, 1.807) is 12.1 Å². The molecule has 0 amide bonds. The number of aromatic amines is 1. The van der Waals surface area contributed by atoms with Crippen molar-refractivity contribution in [1.82, 2.24) is 4.98 Å². The number of aryl methyl sites for hydroxylation is 2. The number of H-pyrrole nitrogens is 1. The molecule has 3 rings (SSSR count). The van der Waals surface area contributed by atoms with Crippen LogP contribution in [0.4, 0.5) is 0 Å². The fraction of sp³-hybridized carbons (Fsp3) is 0.294. The van der Waals surface area contributed by atoms with E-state index in [0.717, 1.165) is 24.1 Å². The lowest BCUT2D eigenvalue weighted by molar-refractivity contribution is -0.136. The summed E-state index contributed by atoms with van der Waals surface area (Å²) in [6.07, 6.45) is 4.42. The number of carboxylic acid groups (broad SMARTS) is 1. The molecule has 0 saturated carbocycles. The zero-order valence-corrected chi connectivity index (χ0v) is 11.7. The summed E-state index contributed by atoms with van der Waals surface area (Å²) in [5.74, 6) is -0.998. The van der Waals surface area contributed by atoms with Crippen molar-refractivity contribution in [2.45, 2.75) is 32.1 Å². The van der Waals surface area contributed by atoms with E-state index in [4.69, 9.17) is 5.11 Å². The number of rotatable bonds is 3. The summed E-state index contributed by atoms with van der Waals surface area (Å²) in [5, 5.41) is 8.76. The van der Waals surface area contributed by atoms with E-state index in [1.807, 2.05) is 6.07 Å². The van der Waals surface area contributed by atoms with Gasteiger partial charge in [-0.15, -0.1) is 0 Å². The van der Waals surface area contributed by atoms with Gasteiger partial charge in [0.1, 0.15) is 0 Å². The van der Waals surface area contributed by atoms with E-state index in [-0.39, 0.29) is 17.5 Å². The second kappa shape index (κ2) is 5.56. The van der Waals surface area contributed by atoms with Crippen LogP contribution in [0.2, 0.25) is 0 Å². The molecular formula is C17H17NO3. The van der Waals surface area contributed by atoms with Crippen molar-refractivity contribution < 1.29 is 9.90 Å². The van der Waals surface area contributed by atoms with Gasteiger partial charge in [0.15, 0.2) is 0 Å². The molecule has 0 radical (unpaired) electrons. The summed E-state index contributed by atoms with van der Waals surface area (Å²) in [6.45, 7) is 0. The van der Waals surface area contributed by atoms with Crippen LogP contribution in [0.5, 0.6) is 0 Å². The first-order valence-electron chi connectivity index (χ1n) is 7.19. The second-order valence-corrected chi connectivity index (χ2v) is 5.49. The summed E-state index contributed by atoms with van der Waals surface area (Å²) in [6, 6.07) is 9.67. The van der Waals surface area contributed by atoms with E-state index in [9.17, 15) is 9.59 Å². The smallest absolute Gasteiger partial charge is 0.308 e. The molecule has 2 N–H and O–H groups in total. The molecule has 0 aliphatic heterocycles. The number of aromatic nitrogens is 1. The molecule has 1 aromatic heterocycles. The molecule has 0 bridgehead atoms. The van der Waals surface area contributed by atoms with Gasteiger partial charge in [0.25, 0.3) is 5.56 Å². The standard InChI is InChI=1S/C17H17NO3/c19-16(20)10-14-7-8-15(18-17(14)21)13-6-5-11-3-1-2-4-12(11)9-13/h5-9H,1-4,10H2,(H,18,21)(H,19,20). The summed E-state index contributed by atoms with van der Waals surface area (Å²) in [5.41, 5.74) is 4.43. The van der Waals surface area contributed by atoms with Gasteiger partial charge >= 0.3 is 5.97 Å². The normalized spacial score (nSPS) is 13.7. The second-order valence-electron chi connectivity index (χ2n) is 5.49. The summed E-state index contributed by atoms with van der Waals surface area (Å²) >= 11 is 0. The lowest BCUT2D eigenvalue weighted by atomic mass is 9.90. The van der Waals surface area contributed by atoms with Crippen LogP contribution in [-0.4, -0.2) is 16.1 Å². The Balaban J connectivity index is 1.95. The first-order valence-corrected chi connectivity index (χ1v) is 7.19. The van der Waals surface area contributed by atoms with Crippen LogP contribution in [0.25, 0.3) is 11.3 Å².